The Kier molecular flexibility index (Phi) is 8.97. The van der Waals surface area contributed by atoms with E-state index in [1.807, 2.05) is 30.3 Å². The molecule has 1 N–H and O–H groups in total. The Morgan fingerprint density at radius 1 is 1.23 bits per heavy atom. The number of hydrogen-bond donors (Lipinski definition) is 1. The number of nitrogens with one attached hydrogen (secondary N) is 1. The fourth-order valence-electron chi connectivity index (χ4n) is 0.822. The van der Waals surface area contributed by atoms with Crippen LogP contribution in [0.5, 0.6) is 0 Å². The van der Waals surface area contributed by atoms with Crippen molar-refractivity contribution in [2.24, 2.45) is 0 Å². The van der Waals surface area contributed by atoms with E-state index in [2.05, 4.69) is 5.32 Å². The first kappa shape index (κ1) is 14.8. The van der Waals surface area contributed by atoms with Crippen LogP contribution in [0.3, 0.4) is 0 Å². The van der Waals surface area contributed by atoms with Crippen molar-refractivity contribution >= 4 is 30.7 Å². The minimum absolute atomic E-state index is 0. The van der Waals surface area contributed by atoms with E-state index in [4.69, 9.17) is 0 Å². The monoisotopic (exact) mass is 221 g/mol. The average molecular weight is 222 g/mol. The predicted octanol–water partition coefficient (Wildman–Crippen LogP) is 2.17. The summed E-state index contributed by atoms with van der Waals surface area (Å²) in [5, 5.41) is 2.72. The highest BCUT2D eigenvalue weighted by Crippen LogP contribution is 1.96. The molecular weight excluding hydrogens is 209 g/mol. The smallest absolute Gasteiger partial charge is 0.217 e. The van der Waals surface area contributed by atoms with Crippen LogP contribution in [0.25, 0.3) is 0 Å². The summed E-state index contributed by atoms with van der Waals surface area (Å²) < 4.78 is 0. The van der Waals surface area contributed by atoms with Gasteiger partial charge in [0.25, 0.3) is 0 Å². The molecule has 0 radical (unpaired) electrons. The highest BCUT2D eigenvalue weighted by molar-refractivity contribution is 5.85. The molecule has 0 aliphatic heterocycles. The predicted molar refractivity (Wildman–Crippen MR) is 58.5 cm³/mol. The lowest BCUT2D eigenvalue weighted by Gasteiger charge is -2.00. The Bertz CT molecular complexity index is 239. The van der Waals surface area contributed by atoms with Gasteiger partial charge < -0.3 is 5.32 Å². The summed E-state index contributed by atoms with van der Waals surface area (Å²) >= 11 is 0. The lowest BCUT2D eigenvalue weighted by atomic mass is 10.2. The zero-order chi connectivity index (χ0) is 8.10. The van der Waals surface area contributed by atoms with E-state index in [0.717, 1.165) is 5.56 Å². The van der Waals surface area contributed by atoms with Crippen molar-refractivity contribution < 1.29 is 4.79 Å². The molecule has 0 spiro atoms. The van der Waals surface area contributed by atoms with Crippen molar-refractivity contribution in [3.05, 3.63) is 35.9 Å². The van der Waals surface area contributed by atoms with Crippen molar-refractivity contribution in [3.8, 4) is 0 Å². The Morgan fingerprint density at radius 2 is 1.77 bits per heavy atom. The summed E-state index contributed by atoms with van der Waals surface area (Å²) in [7, 11) is 0. The Morgan fingerprint density at radius 3 is 2.23 bits per heavy atom. The van der Waals surface area contributed by atoms with Crippen molar-refractivity contribution in [2.45, 2.75) is 13.5 Å². The Hall–Kier alpha value is -0.730. The molecule has 0 saturated heterocycles. The first-order valence-corrected chi connectivity index (χ1v) is 3.57. The fraction of sp³-hybridized carbons (Fsp3) is 0.222. The number of hydrogen-bond acceptors (Lipinski definition) is 1. The molecule has 13 heavy (non-hydrogen) atoms. The Labute approximate surface area is 90.5 Å². The van der Waals surface area contributed by atoms with Crippen LogP contribution in [-0.2, 0) is 11.3 Å². The highest BCUT2D eigenvalue weighted by Gasteiger charge is 1.91. The van der Waals surface area contributed by atoms with Gasteiger partial charge in [0.05, 0.1) is 0 Å². The van der Waals surface area contributed by atoms with Crippen molar-refractivity contribution in [2.75, 3.05) is 0 Å². The largest absolute Gasteiger partial charge is 0.352 e. The van der Waals surface area contributed by atoms with Gasteiger partial charge in [0.1, 0.15) is 0 Å². The first-order chi connectivity index (χ1) is 5.29. The minimum Gasteiger partial charge on any atom is -0.352 e. The van der Waals surface area contributed by atoms with Gasteiger partial charge in [-0.15, -0.1) is 24.8 Å². The van der Waals surface area contributed by atoms with Gasteiger partial charge in [0.15, 0.2) is 0 Å². The van der Waals surface area contributed by atoms with Gasteiger partial charge in [-0.3, -0.25) is 4.79 Å². The third-order valence-corrected chi connectivity index (χ3v) is 1.38. The number of amides is 1. The van der Waals surface area contributed by atoms with Crippen LogP contribution < -0.4 is 5.32 Å². The zero-order valence-electron chi connectivity index (χ0n) is 7.32. The molecule has 0 bridgehead atoms. The maximum Gasteiger partial charge on any atom is 0.217 e. The normalized spacial score (nSPS) is 7.77. The molecule has 1 amide bonds. The van der Waals surface area contributed by atoms with Crippen LogP contribution in [0.2, 0.25) is 0 Å². The number of halogens is 2. The average Bonchev–Trinajstić information content (AvgIpc) is 2.03. The third kappa shape index (κ3) is 6.43. The van der Waals surface area contributed by atoms with Gasteiger partial charge in [-0.25, -0.2) is 0 Å². The molecule has 74 valence electrons. The van der Waals surface area contributed by atoms with Crippen LogP contribution in [0, 0.1) is 0 Å². The van der Waals surface area contributed by atoms with Gasteiger partial charge in [0.2, 0.25) is 5.91 Å². The van der Waals surface area contributed by atoms with E-state index in [-0.39, 0.29) is 30.7 Å². The maximum absolute atomic E-state index is 10.5. The maximum atomic E-state index is 10.5. The molecule has 1 aromatic carbocycles. The number of carbonyl (C=O) groups is 1. The lowest BCUT2D eigenvalue weighted by Crippen LogP contribution is -2.18. The second-order valence-electron chi connectivity index (χ2n) is 2.40. The van der Waals surface area contributed by atoms with E-state index in [0.29, 0.717) is 6.54 Å². The quantitative estimate of drug-likeness (QED) is 0.816. The number of benzene rings is 1. The topological polar surface area (TPSA) is 29.1 Å². The van der Waals surface area contributed by atoms with E-state index in [1.54, 1.807) is 0 Å². The van der Waals surface area contributed by atoms with E-state index in [9.17, 15) is 4.79 Å². The molecule has 0 aliphatic rings. The molecule has 2 nitrogen and oxygen atoms in total. The van der Waals surface area contributed by atoms with Crippen molar-refractivity contribution in [1.82, 2.24) is 5.32 Å². The van der Waals surface area contributed by atoms with Crippen molar-refractivity contribution in [3.63, 3.8) is 0 Å². The van der Waals surface area contributed by atoms with E-state index >= 15 is 0 Å². The van der Waals surface area contributed by atoms with Gasteiger partial charge >= 0.3 is 0 Å². The fourth-order valence-corrected chi connectivity index (χ4v) is 0.822. The Balaban J connectivity index is 0. The summed E-state index contributed by atoms with van der Waals surface area (Å²) in [6.07, 6.45) is 0. The van der Waals surface area contributed by atoms with Crippen LogP contribution in [0.4, 0.5) is 0 Å². The van der Waals surface area contributed by atoms with Crippen LogP contribution in [0.1, 0.15) is 12.5 Å². The van der Waals surface area contributed by atoms with Crippen LogP contribution in [0.15, 0.2) is 30.3 Å². The van der Waals surface area contributed by atoms with Crippen LogP contribution >= 0.6 is 24.8 Å². The molecule has 0 fully saturated rings. The molecule has 0 heterocycles. The summed E-state index contributed by atoms with van der Waals surface area (Å²) in [4.78, 5) is 10.5. The van der Waals surface area contributed by atoms with E-state index in [1.165, 1.54) is 6.92 Å². The molecule has 0 saturated carbocycles. The minimum atomic E-state index is 0. The zero-order valence-corrected chi connectivity index (χ0v) is 8.95. The lowest BCUT2D eigenvalue weighted by molar-refractivity contribution is -0.119. The molecule has 0 aliphatic carbocycles. The molecule has 0 aromatic heterocycles. The molecule has 0 unspecified atom stereocenters. The summed E-state index contributed by atoms with van der Waals surface area (Å²) in [5.41, 5.74) is 1.13. The van der Waals surface area contributed by atoms with Gasteiger partial charge in [-0.2, -0.15) is 0 Å². The second-order valence-corrected chi connectivity index (χ2v) is 2.40. The number of carbonyl (C=O) groups excluding carboxylic acids is 1. The molecule has 1 aromatic rings. The van der Waals surface area contributed by atoms with Gasteiger partial charge in [0, 0.05) is 13.5 Å². The SMILES string of the molecule is CC(=O)NCc1ccccc1.Cl.Cl. The summed E-state index contributed by atoms with van der Waals surface area (Å²) in [6, 6.07) is 9.83. The van der Waals surface area contributed by atoms with E-state index < -0.39 is 0 Å². The van der Waals surface area contributed by atoms with Gasteiger partial charge in [-0.05, 0) is 5.56 Å². The second kappa shape index (κ2) is 7.90. The molecule has 4 heteroatoms. The summed E-state index contributed by atoms with van der Waals surface area (Å²) in [6.45, 7) is 2.14. The summed E-state index contributed by atoms with van der Waals surface area (Å²) in [5.74, 6) is 0.00820. The van der Waals surface area contributed by atoms with Crippen molar-refractivity contribution in [1.29, 1.82) is 0 Å². The molecule has 0 atom stereocenters. The molecule has 1 rings (SSSR count). The van der Waals surface area contributed by atoms with Crippen LogP contribution in [-0.4, -0.2) is 5.91 Å². The standard InChI is InChI=1S/C9H11NO.2ClH/c1-8(11)10-7-9-5-3-2-4-6-9;;/h2-6H,7H2,1H3,(H,10,11);2*1H. The highest BCUT2D eigenvalue weighted by atomic mass is 35.5. The molecular formula is C9H13Cl2NO. The first-order valence-electron chi connectivity index (χ1n) is 3.57. The number of rotatable bonds is 2. The van der Waals surface area contributed by atoms with Gasteiger partial charge in [-0.1, -0.05) is 30.3 Å². The third-order valence-electron chi connectivity index (χ3n) is 1.38.